The van der Waals surface area contributed by atoms with Crippen LogP contribution in [0.5, 0.6) is 0 Å². The number of anilines is 2. The molecule has 0 aliphatic carbocycles. The molecule has 2 aromatic rings. The van der Waals surface area contributed by atoms with Gasteiger partial charge < -0.3 is 5.32 Å². The van der Waals surface area contributed by atoms with E-state index in [-0.39, 0.29) is 5.41 Å². The minimum absolute atomic E-state index is 0.0558. The highest BCUT2D eigenvalue weighted by atomic mass is 14.9. The number of para-hydroxylation sites is 1. The lowest BCUT2D eigenvalue weighted by molar-refractivity contribution is 0.592. The van der Waals surface area contributed by atoms with E-state index in [1.54, 1.807) is 0 Å². The minimum Gasteiger partial charge on any atom is -0.354 e. The first-order valence-corrected chi connectivity index (χ1v) is 6.79. The largest absolute Gasteiger partial charge is 0.354 e. The standard InChI is InChI=1S/C18H20N2/c1-13-9-10-14(12-19)17(11-13)20-16-8-6-5-7-15(16)18(2,3)4/h5-11,20H,1-4H3. The monoisotopic (exact) mass is 264 g/mol. The number of nitrogens with zero attached hydrogens (tertiary/aromatic N) is 1. The average Bonchev–Trinajstić information content (AvgIpc) is 2.38. The van der Waals surface area contributed by atoms with Gasteiger partial charge in [-0.2, -0.15) is 5.26 Å². The van der Waals surface area contributed by atoms with Crippen molar-refractivity contribution in [1.29, 1.82) is 5.26 Å². The van der Waals surface area contributed by atoms with Gasteiger partial charge in [-0.3, -0.25) is 0 Å². The zero-order valence-electron chi connectivity index (χ0n) is 12.5. The topological polar surface area (TPSA) is 35.8 Å². The smallest absolute Gasteiger partial charge is 0.101 e. The van der Waals surface area contributed by atoms with Gasteiger partial charge in [-0.1, -0.05) is 45.0 Å². The molecule has 0 atom stereocenters. The quantitative estimate of drug-likeness (QED) is 0.836. The number of rotatable bonds is 2. The van der Waals surface area contributed by atoms with E-state index in [4.69, 9.17) is 0 Å². The number of hydrogen-bond donors (Lipinski definition) is 1. The van der Waals surface area contributed by atoms with Crippen LogP contribution in [0.25, 0.3) is 0 Å². The summed E-state index contributed by atoms with van der Waals surface area (Å²) in [5.74, 6) is 0. The van der Waals surface area contributed by atoms with E-state index in [9.17, 15) is 5.26 Å². The van der Waals surface area contributed by atoms with Crippen LogP contribution in [0.4, 0.5) is 11.4 Å². The Labute approximate surface area is 121 Å². The van der Waals surface area contributed by atoms with E-state index < -0.39 is 0 Å². The first-order chi connectivity index (χ1) is 9.41. The lowest BCUT2D eigenvalue weighted by atomic mass is 9.85. The van der Waals surface area contributed by atoms with Crippen LogP contribution in [-0.4, -0.2) is 0 Å². The molecule has 0 amide bonds. The third-order valence-electron chi connectivity index (χ3n) is 3.30. The summed E-state index contributed by atoms with van der Waals surface area (Å²) in [7, 11) is 0. The van der Waals surface area contributed by atoms with Crippen molar-refractivity contribution in [1.82, 2.24) is 0 Å². The number of nitriles is 1. The molecular weight excluding hydrogens is 244 g/mol. The molecule has 2 aromatic carbocycles. The van der Waals surface area contributed by atoms with Gasteiger partial charge in [-0.15, -0.1) is 0 Å². The van der Waals surface area contributed by atoms with E-state index in [1.807, 2.05) is 37.3 Å². The summed E-state index contributed by atoms with van der Waals surface area (Å²) in [5, 5.41) is 12.6. The van der Waals surface area contributed by atoms with Crippen molar-refractivity contribution in [2.45, 2.75) is 33.1 Å². The zero-order valence-corrected chi connectivity index (χ0v) is 12.5. The van der Waals surface area contributed by atoms with Crippen molar-refractivity contribution in [3.05, 3.63) is 59.2 Å². The highest BCUT2D eigenvalue weighted by Gasteiger charge is 2.17. The zero-order chi connectivity index (χ0) is 14.8. The Hall–Kier alpha value is -2.27. The van der Waals surface area contributed by atoms with Crippen LogP contribution in [0.3, 0.4) is 0 Å². The molecule has 20 heavy (non-hydrogen) atoms. The molecule has 0 aliphatic heterocycles. The predicted molar refractivity (Wildman–Crippen MR) is 84.3 cm³/mol. The first kappa shape index (κ1) is 14.1. The Bertz CT molecular complexity index is 658. The van der Waals surface area contributed by atoms with Crippen LogP contribution in [0.2, 0.25) is 0 Å². The van der Waals surface area contributed by atoms with Crippen molar-refractivity contribution in [3.8, 4) is 6.07 Å². The van der Waals surface area contributed by atoms with Gasteiger partial charge in [0, 0.05) is 5.69 Å². The van der Waals surface area contributed by atoms with E-state index in [1.165, 1.54) is 5.56 Å². The summed E-state index contributed by atoms with van der Waals surface area (Å²) < 4.78 is 0. The van der Waals surface area contributed by atoms with Crippen LogP contribution >= 0.6 is 0 Å². The third kappa shape index (κ3) is 3.00. The molecule has 0 aromatic heterocycles. The number of benzene rings is 2. The molecule has 0 aliphatic rings. The maximum absolute atomic E-state index is 9.23. The Kier molecular flexibility index (Phi) is 3.81. The molecule has 2 heteroatoms. The van der Waals surface area contributed by atoms with Gasteiger partial charge in [0.2, 0.25) is 0 Å². The average molecular weight is 264 g/mol. The summed E-state index contributed by atoms with van der Waals surface area (Å²) in [6.07, 6.45) is 0. The first-order valence-electron chi connectivity index (χ1n) is 6.79. The van der Waals surface area contributed by atoms with E-state index >= 15 is 0 Å². The second-order valence-corrected chi connectivity index (χ2v) is 6.08. The molecule has 0 fully saturated rings. The van der Waals surface area contributed by atoms with E-state index in [2.05, 4.69) is 44.3 Å². The SMILES string of the molecule is Cc1ccc(C#N)c(Nc2ccccc2C(C)(C)C)c1. The molecule has 0 saturated carbocycles. The molecule has 2 rings (SSSR count). The van der Waals surface area contributed by atoms with Gasteiger partial charge in [0.25, 0.3) is 0 Å². The van der Waals surface area contributed by atoms with Gasteiger partial charge in [-0.05, 0) is 41.7 Å². The molecule has 1 N–H and O–H groups in total. The Morgan fingerprint density at radius 2 is 1.70 bits per heavy atom. The second kappa shape index (κ2) is 5.38. The van der Waals surface area contributed by atoms with E-state index in [0.29, 0.717) is 5.56 Å². The lowest BCUT2D eigenvalue weighted by Crippen LogP contribution is -2.13. The Morgan fingerprint density at radius 1 is 1.00 bits per heavy atom. The second-order valence-electron chi connectivity index (χ2n) is 6.08. The Morgan fingerprint density at radius 3 is 2.35 bits per heavy atom. The minimum atomic E-state index is 0.0558. The van der Waals surface area contributed by atoms with Gasteiger partial charge in [0.1, 0.15) is 6.07 Å². The van der Waals surface area contributed by atoms with E-state index in [0.717, 1.165) is 16.9 Å². The fraction of sp³-hybridized carbons (Fsp3) is 0.278. The van der Waals surface area contributed by atoms with Gasteiger partial charge >= 0.3 is 0 Å². The van der Waals surface area contributed by atoms with Crippen molar-refractivity contribution < 1.29 is 0 Å². The molecule has 0 unspecified atom stereocenters. The van der Waals surface area contributed by atoms with Crippen LogP contribution in [-0.2, 0) is 5.41 Å². The summed E-state index contributed by atoms with van der Waals surface area (Å²) >= 11 is 0. The molecule has 0 bridgehead atoms. The molecule has 102 valence electrons. The van der Waals surface area contributed by atoms with Crippen molar-refractivity contribution in [2.24, 2.45) is 0 Å². The highest BCUT2D eigenvalue weighted by Crippen LogP contribution is 2.32. The van der Waals surface area contributed by atoms with Gasteiger partial charge in [0.05, 0.1) is 11.3 Å². The van der Waals surface area contributed by atoms with Crippen LogP contribution in [0, 0.1) is 18.3 Å². The lowest BCUT2D eigenvalue weighted by Gasteiger charge is -2.23. The van der Waals surface area contributed by atoms with Crippen LogP contribution in [0.15, 0.2) is 42.5 Å². The fourth-order valence-corrected chi connectivity index (χ4v) is 2.25. The predicted octanol–water partition coefficient (Wildman–Crippen LogP) is 4.91. The number of nitrogens with one attached hydrogen (secondary N) is 1. The number of hydrogen-bond acceptors (Lipinski definition) is 2. The van der Waals surface area contributed by atoms with Crippen LogP contribution < -0.4 is 5.32 Å². The molecule has 0 saturated heterocycles. The molecule has 0 heterocycles. The van der Waals surface area contributed by atoms with Gasteiger partial charge in [-0.25, -0.2) is 0 Å². The van der Waals surface area contributed by atoms with Gasteiger partial charge in [0.15, 0.2) is 0 Å². The molecular formula is C18H20N2. The molecule has 2 nitrogen and oxygen atoms in total. The van der Waals surface area contributed by atoms with Crippen molar-refractivity contribution in [3.63, 3.8) is 0 Å². The Balaban J connectivity index is 2.46. The number of aryl methyl sites for hydroxylation is 1. The summed E-state index contributed by atoms with van der Waals surface area (Å²) in [4.78, 5) is 0. The fourth-order valence-electron chi connectivity index (χ4n) is 2.25. The highest BCUT2D eigenvalue weighted by molar-refractivity contribution is 5.70. The third-order valence-corrected chi connectivity index (χ3v) is 3.30. The normalized spacial score (nSPS) is 10.9. The van der Waals surface area contributed by atoms with Crippen molar-refractivity contribution >= 4 is 11.4 Å². The van der Waals surface area contributed by atoms with Crippen LogP contribution in [0.1, 0.15) is 37.5 Å². The maximum Gasteiger partial charge on any atom is 0.101 e. The summed E-state index contributed by atoms with van der Waals surface area (Å²) in [5.41, 5.74) is 5.02. The maximum atomic E-state index is 9.23. The van der Waals surface area contributed by atoms with Crippen molar-refractivity contribution in [2.75, 3.05) is 5.32 Å². The summed E-state index contributed by atoms with van der Waals surface area (Å²) in [6.45, 7) is 8.60. The molecule has 0 spiro atoms. The molecule has 0 radical (unpaired) electrons. The summed E-state index contributed by atoms with van der Waals surface area (Å²) in [6, 6.07) is 16.3.